The highest BCUT2D eigenvalue weighted by Crippen LogP contribution is 2.15. The van der Waals surface area contributed by atoms with Gasteiger partial charge in [0.2, 0.25) is 0 Å². The first kappa shape index (κ1) is 17.0. The lowest BCUT2D eigenvalue weighted by Gasteiger charge is -2.34. The molecule has 0 amide bonds. The van der Waals surface area contributed by atoms with E-state index in [2.05, 4.69) is 53.1 Å². The number of nitrogens with zero attached hydrogens (tertiary/aromatic N) is 2. The van der Waals surface area contributed by atoms with Crippen LogP contribution in [0.2, 0.25) is 0 Å². The van der Waals surface area contributed by atoms with Gasteiger partial charge in [-0.05, 0) is 35.2 Å². The van der Waals surface area contributed by atoms with Gasteiger partial charge in [-0.1, -0.05) is 43.3 Å². The van der Waals surface area contributed by atoms with Crippen molar-refractivity contribution in [1.82, 2.24) is 9.80 Å². The van der Waals surface area contributed by atoms with Crippen molar-refractivity contribution in [3.05, 3.63) is 65.2 Å². The highest BCUT2D eigenvalue weighted by Gasteiger charge is 2.17. The van der Waals surface area contributed by atoms with Gasteiger partial charge >= 0.3 is 0 Å². The fourth-order valence-corrected chi connectivity index (χ4v) is 3.23. The van der Waals surface area contributed by atoms with Crippen LogP contribution < -0.4 is 4.74 Å². The Morgan fingerprint density at radius 1 is 0.708 bits per heavy atom. The molecule has 0 radical (unpaired) electrons. The number of hydrogen-bond acceptors (Lipinski definition) is 3. The minimum Gasteiger partial charge on any atom is -0.497 e. The van der Waals surface area contributed by atoms with Crippen molar-refractivity contribution >= 4 is 0 Å². The Bertz CT molecular complexity index is 556. The van der Waals surface area contributed by atoms with E-state index in [1.54, 1.807) is 7.11 Å². The Morgan fingerprint density at radius 2 is 1.12 bits per heavy atom. The lowest BCUT2D eigenvalue weighted by atomic mass is 10.1. The van der Waals surface area contributed by atoms with E-state index in [-0.39, 0.29) is 0 Å². The summed E-state index contributed by atoms with van der Waals surface area (Å²) in [6, 6.07) is 17.5. The summed E-state index contributed by atoms with van der Waals surface area (Å²) in [6.45, 7) is 8.87. The number of rotatable bonds is 6. The van der Waals surface area contributed by atoms with Crippen LogP contribution in [0.1, 0.15) is 23.6 Å². The van der Waals surface area contributed by atoms with Gasteiger partial charge < -0.3 is 4.74 Å². The van der Waals surface area contributed by atoms with Crippen LogP contribution in [0.15, 0.2) is 48.5 Å². The molecule has 1 aliphatic heterocycles. The SMILES string of the molecule is CCc1ccc(CN2CCN(Cc3ccc(OC)cc3)CC2)cc1. The minimum atomic E-state index is 0.928. The molecule has 0 aliphatic carbocycles. The number of benzene rings is 2. The Balaban J connectivity index is 1.46. The van der Waals surface area contributed by atoms with Crippen molar-refractivity contribution in [2.45, 2.75) is 26.4 Å². The fraction of sp³-hybridized carbons (Fsp3) is 0.429. The molecule has 1 heterocycles. The topological polar surface area (TPSA) is 15.7 Å². The highest BCUT2D eigenvalue weighted by molar-refractivity contribution is 5.27. The van der Waals surface area contributed by atoms with Gasteiger partial charge in [-0.15, -0.1) is 0 Å². The first-order valence-electron chi connectivity index (χ1n) is 8.92. The molecule has 0 atom stereocenters. The van der Waals surface area contributed by atoms with E-state index in [9.17, 15) is 0 Å². The molecule has 3 rings (SSSR count). The highest BCUT2D eigenvalue weighted by atomic mass is 16.5. The van der Waals surface area contributed by atoms with Gasteiger partial charge in [0.05, 0.1) is 7.11 Å². The second-order valence-electron chi connectivity index (χ2n) is 6.57. The second kappa shape index (κ2) is 8.32. The van der Waals surface area contributed by atoms with Gasteiger partial charge in [0, 0.05) is 39.3 Å². The summed E-state index contributed by atoms with van der Waals surface area (Å²) in [5.74, 6) is 0.928. The van der Waals surface area contributed by atoms with Gasteiger partial charge in [0.15, 0.2) is 0 Å². The zero-order valence-electron chi connectivity index (χ0n) is 14.9. The Kier molecular flexibility index (Phi) is 5.89. The molecule has 3 nitrogen and oxygen atoms in total. The summed E-state index contributed by atoms with van der Waals surface area (Å²) in [5.41, 5.74) is 4.21. The summed E-state index contributed by atoms with van der Waals surface area (Å²) in [5, 5.41) is 0. The normalized spacial score (nSPS) is 16.2. The van der Waals surface area contributed by atoms with Crippen molar-refractivity contribution in [1.29, 1.82) is 0 Å². The lowest BCUT2D eigenvalue weighted by Crippen LogP contribution is -2.45. The molecule has 24 heavy (non-hydrogen) atoms. The molecule has 0 N–H and O–H groups in total. The van der Waals surface area contributed by atoms with E-state index in [1.165, 1.54) is 16.7 Å². The predicted molar refractivity (Wildman–Crippen MR) is 99.4 cm³/mol. The average Bonchev–Trinajstić information content (AvgIpc) is 2.65. The first-order valence-corrected chi connectivity index (χ1v) is 8.92. The number of piperazine rings is 1. The van der Waals surface area contributed by atoms with Gasteiger partial charge in [-0.3, -0.25) is 9.80 Å². The minimum absolute atomic E-state index is 0.928. The van der Waals surface area contributed by atoms with Crippen molar-refractivity contribution in [3.63, 3.8) is 0 Å². The number of ether oxygens (including phenoxy) is 1. The van der Waals surface area contributed by atoms with Crippen molar-refractivity contribution in [3.8, 4) is 5.75 Å². The summed E-state index contributed by atoms with van der Waals surface area (Å²) in [4.78, 5) is 5.10. The zero-order valence-corrected chi connectivity index (χ0v) is 14.9. The van der Waals surface area contributed by atoms with Crippen LogP contribution in [-0.2, 0) is 19.5 Å². The number of hydrogen-bond donors (Lipinski definition) is 0. The van der Waals surface area contributed by atoms with Gasteiger partial charge in [-0.2, -0.15) is 0 Å². The summed E-state index contributed by atoms with van der Waals surface area (Å²) < 4.78 is 5.22. The zero-order chi connectivity index (χ0) is 16.8. The van der Waals surface area contributed by atoms with Crippen molar-refractivity contribution < 1.29 is 4.74 Å². The lowest BCUT2D eigenvalue weighted by molar-refractivity contribution is 0.122. The van der Waals surface area contributed by atoms with Crippen LogP contribution in [0.25, 0.3) is 0 Å². The van der Waals surface area contributed by atoms with Crippen LogP contribution in [0.5, 0.6) is 5.75 Å². The maximum atomic E-state index is 5.22. The largest absolute Gasteiger partial charge is 0.497 e. The maximum Gasteiger partial charge on any atom is 0.118 e. The standard InChI is InChI=1S/C21H28N2O/c1-3-18-4-6-19(7-5-18)16-22-12-14-23(15-13-22)17-20-8-10-21(24-2)11-9-20/h4-11H,3,12-17H2,1-2H3. The third-order valence-electron chi connectivity index (χ3n) is 4.87. The Morgan fingerprint density at radius 3 is 1.54 bits per heavy atom. The van der Waals surface area contributed by atoms with Crippen molar-refractivity contribution in [2.24, 2.45) is 0 Å². The molecule has 2 aromatic carbocycles. The van der Waals surface area contributed by atoms with Crippen LogP contribution >= 0.6 is 0 Å². The molecule has 0 bridgehead atoms. The average molecular weight is 324 g/mol. The molecule has 0 saturated carbocycles. The second-order valence-corrected chi connectivity index (χ2v) is 6.57. The maximum absolute atomic E-state index is 5.22. The molecule has 1 fully saturated rings. The van der Waals surface area contributed by atoms with Crippen LogP contribution in [-0.4, -0.2) is 43.1 Å². The molecule has 128 valence electrons. The van der Waals surface area contributed by atoms with E-state index in [4.69, 9.17) is 4.74 Å². The van der Waals surface area contributed by atoms with E-state index in [0.717, 1.165) is 51.4 Å². The summed E-state index contributed by atoms with van der Waals surface area (Å²) in [7, 11) is 1.71. The monoisotopic (exact) mass is 324 g/mol. The van der Waals surface area contributed by atoms with E-state index in [0.29, 0.717) is 0 Å². The smallest absolute Gasteiger partial charge is 0.118 e. The molecular formula is C21H28N2O. The van der Waals surface area contributed by atoms with Crippen LogP contribution in [0.3, 0.4) is 0 Å². The summed E-state index contributed by atoms with van der Waals surface area (Å²) >= 11 is 0. The molecule has 0 unspecified atom stereocenters. The first-order chi connectivity index (χ1) is 11.8. The third-order valence-corrected chi connectivity index (χ3v) is 4.87. The molecule has 0 spiro atoms. The van der Waals surface area contributed by atoms with Crippen molar-refractivity contribution in [2.75, 3.05) is 33.3 Å². The van der Waals surface area contributed by atoms with Crippen LogP contribution in [0, 0.1) is 0 Å². The van der Waals surface area contributed by atoms with E-state index in [1.807, 2.05) is 12.1 Å². The Hall–Kier alpha value is -1.84. The fourth-order valence-electron chi connectivity index (χ4n) is 3.23. The number of methoxy groups -OCH3 is 1. The van der Waals surface area contributed by atoms with E-state index < -0.39 is 0 Å². The quantitative estimate of drug-likeness (QED) is 0.808. The molecule has 2 aromatic rings. The summed E-state index contributed by atoms with van der Waals surface area (Å²) in [6.07, 6.45) is 1.12. The van der Waals surface area contributed by atoms with Gasteiger partial charge in [0.1, 0.15) is 5.75 Å². The van der Waals surface area contributed by atoms with E-state index >= 15 is 0 Å². The molecular weight excluding hydrogens is 296 g/mol. The third kappa shape index (κ3) is 4.59. The van der Waals surface area contributed by atoms with Gasteiger partial charge in [0.25, 0.3) is 0 Å². The number of aryl methyl sites for hydroxylation is 1. The predicted octanol–water partition coefficient (Wildman–Crippen LogP) is 3.58. The Labute approximate surface area is 145 Å². The van der Waals surface area contributed by atoms with Crippen LogP contribution in [0.4, 0.5) is 0 Å². The molecule has 1 saturated heterocycles. The molecule has 0 aromatic heterocycles. The molecule has 1 aliphatic rings. The van der Waals surface area contributed by atoms with Gasteiger partial charge in [-0.25, -0.2) is 0 Å². The molecule has 3 heteroatoms.